The first kappa shape index (κ1) is 35.5. The number of rotatable bonds is 10. The zero-order valence-electron chi connectivity index (χ0n) is 30.2. The minimum absolute atomic E-state index is 0.0811. The summed E-state index contributed by atoms with van der Waals surface area (Å²) >= 11 is 0. The van der Waals surface area contributed by atoms with Crippen molar-refractivity contribution in [3.63, 3.8) is 0 Å². The van der Waals surface area contributed by atoms with Gasteiger partial charge in [-0.05, 0) is 48.3 Å². The summed E-state index contributed by atoms with van der Waals surface area (Å²) in [4.78, 5) is 70.4. The molecule has 4 amide bonds. The normalized spacial score (nSPS) is 19.3. The second kappa shape index (κ2) is 14.6. The number of benzene rings is 2. The van der Waals surface area contributed by atoms with Crippen molar-refractivity contribution in [2.75, 3.05) is 27.3 Å². The molecule has 4 aromatic rings. The molecule has 4 N–H and O–H groups in total. The Morgan fingerprint density at radius 2 is 1.55 bits per heavy atom. The topological polar surface area (TPSA) is 175 Å². The number of H-pyrrole nitrogens is 2. The lowest BCUT2D eigenvalue weighted by atomic mass is 10.0. The van der Waals surface area contributed by atoms with Crippen LogP contribution in [0.15, 0.2) is 73.1 Å². The minimum Gasteiger partial charge on any atom is -0.453 e. The van der Waals surface area contributed by atoms with E-state index in [1.54, 1.807) is 11.1 Å². The summed E-state index contributed by atoms with van der Waals surface area (Å²) in [5.41, 5.74) is 4.75. The van der Waals surface area contributed by atoms with Crippen LogP contribution in [0.25, 0.3) is 33.6 Å². The summed E-state index contributed by atoms with van der Waals surface area (Å²) in [5.74, 6) is 0.960. The van der Waals surface area contributed by atoms with Crippen LogP contribution in [0, 0.1) is 5.92 Å². The molecule has 14 nitrogen and oxygen atoms in total. The average molecular weight is 721 g/mol. The Kier molecular flexibility index (Phi) is 9.78. The first-order chi connectivity index (χ1) is 25.6. The van der Waals surface area contributed by atoms with Gasteiger partial charge < -0.3 is 39.9 Å². The van der Waals surface area contributed by atoms with Gasteiger partial charge in [-0.1, -0.05) is 74.5 Å². The Labute approximate surface area is 307 Å². The fraction of sp³-hybridized carbons (Fsp3) is 0.385. The molecular formula is C39H44N8O6. The number of nitrogens with zero attached hydrogens (tertiary/aromatic N) is 4. The van der Waals surface area contributed by atoms with Crippen molar-refractivity contribution in [2.45, 2.75) is 63.2 Å². The van der Waals surface area contributed by atoms with Gasteiger partial charge in [0.2, 0.25) is 11.8 Å². The molecule has 1 unspecified atom stereocenters. The molecule has 2 fully saturated rings. The molecular weight excluding hydrogens is 676 g/mol. The second-order valence-corrected chi connectivity index (χ2v) is 14.1. The van der Waals surface area contributed by atoms with Gasteiger partial charge in [0.15, 0.2) is 0 Å². The van der Waals surface area contributed by atoms with E-state index < -0.39 is 23.8 Å². The zero-order valence-corrected chi connectivity index (χ0v) is 30.2. The highest BCUT2D eigenvalue weighted by Gasteiger charge is 2.55. The van der Waals surface area contributed by atoms with Crippen molar-refractivity contribution in [3.8, 4) is 33.6 Å². The van der Waals surface area contributed by atoms with Crippen molar-refractivity contribution in [1.29, 1.82) is 0 Å². The van der Waals surface area contributed by atoms with Crippen LogP contribution in [0.2, 0.25) is 0 Å². The number of hydrogen-bond acceptors (Lipinski definition) is 8. The number of ether oxygens (including phenoxy) is 2. The number of imidazole rings is 2. The van der Waals surface area contributed by atoms with Crippen molar-refractivity contribution in [2.24, 2.45) is 5.92 Å². The van der Waals surface area contributed by atoms with Crippen LogP contribution >= 0.6 is 0 Å². The molecule has 4 heterocycles. The molecule has 0 radical (unpaired) electrons. The fourth-order valence-corrected chi connectivity index (χ4v) is 7.16. The number of aromatic nitrogens is 4. The number of likely N-dealkylation sites (tertiary alicyclic amines) is 1. The van der Waals surface area contributed by atoms with Crippen molar-refractivity contribution in [3.05, 3.63) is 84.7 Å². The summed E-state index contributed by atoms with van der Waals surface area (Å²) in [5, 5.41) is 5.40. The summed E-state index contributed by atoms with van der Waals surface area (Å²) < 4.78 is 9.48. The van der Waals surface area contributed by atoms with Gasteiger partial charge in [-0.25, -0.2) is 19.6 Å². The first-order valence-electron chi connectivity index (χ1n) is 17.9. The standard InChI is InChI=1S/C39H44N8O6/c1-23(2)32(44-37(50)52-3)35(48)46-19-5-7-30(46)33-40-21-28(42-33)26-13-9-24(10-14-26)25-11-15-27(16-12-25)29-22-41-34(43-29)31-8-6-20-47(31)36(49)39(17-18-39)45-38(51)53-4/h5,7,9-16,21-23,30-32H,6,8,17-20H2,1-4H3,(H,40,42)(H,41,43)(H,44,50)(H,45,51)/t30?,31-,32-/m0/s1. The SMILES string of the molecule is COC(=O)N[C@H](C(=O)N1CC=CC1c1ncc(-c2ccc(-c3ccc(-c4c[nH]c([C@@H]5CCCN5C(=O)C5(NC(=O)OC)CC5)n4)cc3)cc2)[nH]1)C(C)C. The van der Waals surface area contributed by atoms with Gasteiger partial charge in [0.1, 0.15) is 29.3 Å². The highest BCUT2D eigenvalue weighted by atomic mass is 16.5. The number of hydrogen-bond donors (Lipinski definition) is 4. The van der Waals surface area contributed by atoms with Crippen LogP contribution < -0.4 is 10.6 Å². The van der Waals surface area contributed by atoms with Gasteiger partial charge in [-0.15, -0.1) is 0 Å². The Hall–Kier alpha value is -5.92. The van der Waals surface area contributed by atoms with Crippen LogP contribution in [0.1, 0.15) is 63.3 Å². The Morgan fingerprint density at radius 1 is 0.887 bits per heavy atom. The van der Waals surface area contributed by atoms with E-state index in [0.29, 0.717) is 31.8 Å². The monoisotopic (exact) mass is 720 g/mol. The highest BCUT2D eigenvalue weighted by Crippen LogP contribution is 2.42. The Morgan fingerprint density at radius 3 is 2.19 bits per heavy atom. The molecule has 3 aliphatic rings. The molecule has 0 spiro atoms. The lowest BCUT2D eigenvalue weighted by Crippen LogP contribution is -2.51. The second-order valence-electron chi connectivity index (χ2n) is 14.1. The number of alkyl carbamates (subject to hydrolysis) is 2. The van der Waals surface area contributed by atoms with Gasteiger partial charge in [0.05, 0.1) is 37.8 Å². The van der Waals surface area contributed by atoms with E-state index in [2.05, 4.69) is 49.9 Å². The van der Waals surface area contributed by atoms with Crippen LogP contribution in [0.4, 0.5) is 9.59 Å². The van der Waals surface area contributed by atoms with Gasteiger partial charge in [0.25, 0.3) is 0 Å². The smallest absolute Gasteiger partial charge is 0.407 e. The summed E-state index contributed by atoms with van der Waals surface area (Å²) in [6, 6.07) is 15.1. The van der Waals surface area contributed by atoms with Crippen LogP contribution in [-0.4, -0.2) is 92.6 Å². The molecule has 276 valence electrons. The van der Waals surface area contributed by atoms with E-state index in [1.807, 2.05) is 61.4 Å². The third-order valence-corrected chi connectivity index (χ3v) is 10.3. The zero-order chi connectivity index (χ0) is 37.3. The molecule has 0 bridgehead atoms. The molecule has 53 heavy (non-hydrogen) atoms. The molecule has 14 heteroatoms. The maximum atomic E-state index is 13.5. The van der Waals surface area contributed by atoms with Gasteiger partial charge >= 0.3 is 12.2 Å². The average Bonchev–Trinajstić information content (AvgIpc) is 3.75. The lowest BCUT2D eigenvalue weighted by Gasteiger charge is -2.29. The molecule has 3 atom stereocenters. The quantitative estimate of drug-likeness (QED) is 0.155. The third kappa shape index (κ3) is 7.13. The largest absolute Gasteiger partial charge is 0.453 e. The van der Waals surface area contributed by atoms with Crippen molar-refractivity contribution >= 4 is 24.0 Å². The third-order valence-electron chi connectivity index (χ3n) is 10.3. The van der Waals surface area contributed by atoms with Crippen LogP contribution in [0.3, 0.4) is 0 Å². The maximum Gasteiger partial charge on any atom is 0.407 e. The van der Waals surface area contributed by atoms with Gasteiger partial charge in [-0.2, -0.15) is 0 Å². The van der Waals surface area contributed by atoms with E-state index in [-0.39, 0.29) is 29.8 Å². The summed E-state index contributed by atoms with van der Waals surface area (Å²) in [6.07, 6.45) is 9.14. The predicted molar refractivity (Wildman–Crippen MR) is 196 cm³/mol. The summed E-state index contributed by atoms with van der Waals surface area (Å²) in [6.45, 7) is 4.79. The Bertz CT molecular complexity index is 2010. The molecule has 1 saturated heterocycles. The lowest BCUT2D eigenvalue weighted by molar-refractivity contribution is -0.136. The van der Waals surface area contributed by atoms with Gasteiger partial charge in [0, 0.05) is 24.8 Å². The van der Waals surface area contributed by atoms with E-state index in [0.717, 1.165) is 52.3 Å². The first-order valence-corrected chi connectivity index (χ1v) is 17.9. The molecule has 2 aliphatic heterocycles. The number of aromatic amines is 2. The molecule has 7 rings (SSSR count). The maximum absolute atomic E-state index is 13.5. The van der Waals surface area contributed by atoms with Crippen LogP contribution in [0.5, 0.6) is 0 Å². The number of amides is 4. The predicted octanol–water partition coefficient (Wildman–Crippen LogP) is 5.51. The Balaban J connectivity index is 0.999. The van der Waals surface area contributed by atoms with Crippen molar-refractivity contribution < 1.29 is 28.7 Å². The minimum atomic E-state index is -0.874. The molecule has 1 saturated carbocycles. The van der Waals surface area contributed by atoms with Crippen molar-refractivity contribution in [1.82, 2.24) is 40.4 Å². The van der Waals surface area contributed by atoms with E-state index >= 15 is 0 Å². The highest BCUT2D eigenvalue weighted by molar-refractivity contribution is 5.93. The van der Waals surface area contributed by atoms with E-state index in [4.69, 9.17) is 14.5 Å². The number of methoxy groups -OCH3 is 2. The summed E-state index contributed by atoms with van der Waals surface area (Å²) in [7, 11) is 2.58. The van der Waals surface area contributed by atoms with Crippen LogP contribution in [-0.2, 0) is 19.1 Å². The number of carbonyl (C=O) groups excluding carboxylic acids is 4. The molecule has 1 aliphatic carbocycles. The fourth-order valence-electron chi connectivity index (χ4n) is 7.16. The number of nitrogens with one attached hydrogen (secondary N) is 4. The number of carbonyl (C=O) groups is 4. The van der Waals surface area contributed by atoms with E-state index in [9.17, 15) is 19.2 Å². The molecule has 2 aromatic heterocycles. The molecule has 2 aromatic carbocycles. The van der Waals surface area contributed by atoms with E-state index in [1.165, 1.54) is 14.2 Å². The van der Waals surface area contributed by atoms with Gasteiger partial charge in [-0.3, -0.25) is 9.59 Å².